The Balaban J connectivity index is 1.48. The molecule has 0 N–H and O–H groups in total. The molecular weight excluding hydrogens is 388 g/mol. The summed E-state index contributed by atoms with van der Waals surface area (Å²) in [5.41, 5.74) is 2.98. The Morgan fingerprint density at radius 3 is 2.48 bits per heavy atom. The summed E-state index contributed by atoms with van der Waals surface area (Å²) < 4.78 is 35.3. The van der Waals surface area contributed by atoms with Gasteiger partial charge in [0, 0.05) is 33.2 Å². The van der Waals surface area contributed by atoms with Crippen LogP contribution in [0.15, 0.2) is 47.4 Å². The number of aromatic nitrogens is 2. The van der Waals surface area contributed by atoms with Crippen LogP contribution in [0.3, 0.4) is 0 Å². The number of sulfonamides is 1. The number of imidazole rings is 1. The van der Waals surface area contributed by atoms with Gasteiger partial charge in [0.05, 0.1) is 24.7 Å². The first-order valence-electron chi connectivity index (χ1n) is 9.67. The van der Waals surface area contributed by atoms with Crippen molar-refractivity contribution in [1.29, 1.82) is 0 Å². The second-order valence-electron chi connectivity index (χ2n) is 7.41. The highest BCUT2D eigenvalue weighted by atomic mass is 32.2. The zero-order chi connectivity index (χ0) is 20.6. The zero-order valence-corrected chi connectivity index (χ0v) is 17.8. The third-order valence-electron chi connectivity index (χ3n) is 5.51. The van der Waals surface area contributed by atoms with Crippen molar-refractivity contribution in [3.05, 3.63) is 53.9 Å². The van der Waals surface area contributed by atoms with Gasteiger partial charge < -0.3 is 9.30 Å². The fourth-order valence-corrected chi connectivity index (χ4v) is 5.45. The van der Waals surface area contributed by atoms with Gasteiger partial charge in [-0.15, -0.1) is 0 Å². The van der Waals surface area contributed by atoms with Crippen LogP contribution in [0.1, 0.15) is 11.4 Å². The van der Waals surface area contributed by atoms with Crippen molar-refractivity contribution in [3.63, 3.8) is 0 Å². The molecule has 4 rings (SSSR count). The van der Waals surface area contributed by atoms with Crippen molar-refractivity contribution in [1.82, 2.24) is 18.8 Å². The number of fused-ring (bicyclic) bond motifs is 1. The third-order valence-corrected chi connectivity index (χ3v) is 7.43. The van der Waals surface area contributed by atoms with Crippen molar-refractivity contribution < 1.29 is 13.2 Å². The fraction of sp³-hybridized carbons (Fsp3) is 0.381. The largest absolute Gasteiger partial charge is 0.495 e. The summed E-state index contributed by atoms with van der Waals surface area (Å²) in [6.07, 6.45) is 0. The van der Waals surface area contributed by atoms with Gasteiger partial charge in [-0.3, -0.25) is 4.90 Å². The minimum atomic E-state index is -3.59. The Bertz CT molecular complexity index is 1130. The van der Waals surface area contributed by atoms with Crippen LogP contribution in [0.25, 0.3) is 11.0 Å². The molecule has 1 aliphatic heterocycles. The second kappa shape index (κ2) is 7.78. The first kappa shape index (κ1) is 19.9. The molecule has 2 heterocycles. The van der Waals surface area contributed by atoms with Gasteiger partial charge in [0.25, 0.3) is 0 Å². The Hall–Kier alpha value is -2.42. The Morgan fingerprint density at radius 1 is 1.07 bits per heavy atom. The fourth-order valence-electron chi connectivity index (χ4n) is 3.79. The summed E-state index contributed by atoms with van der Waals surface area (Å²) >= 11 is 0. The molecule has 1 saturated heterocycles. The second-order valence-corrected chi connectivity index (χ2v) is 9.32. The van der Waals surface area contributed by atoms with Gasteiger partial charge in [0.2, 0.25) is 10.0 Å². The van der Waals surface area contributed by atoms with Crippen LogP contribution >= 0.6 is 0 Å². The van der Waals surface area contributed by atoms with E-state index in [1.807, 2.05) is 38.2 Å². The van der Waals surface area contributed by atoms with Crippen LogP contribution in [-0.4, -0.2) is 60.5 Å². The molecule has 0 amide bonds. The quantitative estimate of drug-likeness (QED) is 0.641. The van der Waals surface area contributed by atoms with Crippen molar-refractivity contribution in [3.8, 4) is 5.75 Å². The lowest BCUT2D eigenvalue weighted by Crippen LogP contribution is -2.48. The monoisotopic (exact) mass is 414 g/mol. The topological polar surface area (TPSA) is 67.7 Å². The van der Waals surface area contributed by atoms with Crippen LogP contribution < -0.4 is 4.74 Å². The van der Waals surface area contributed by atoms with Gasteiger partial charge in [-0.2, -0.15) is 4.31 Å². The van der Waals surface area contributed by atoms with E-state index < -0.39 is 10.0 Å². The molecule has 3 aromatic rings. The van der Waals surface area contributed by atoms with E-state index in [0.29, 0.717) is 38.5 Å². The molecule has 7 nitrogen and oxygen atoms in total. The summed E-state index contributed by atoms with van der Waals surface area (Å²) in [6.45, 7) is 4.81. The molecule has 8 heteroatoms. The van der Waals surface area contributed by atoms with E-state index in [9.17, 15) is 8.42 Å². The predicted octanol–water partition coefficient (Wildman–Crippen LogP) is 2.40. The number of hydrogen-bond donors (Lipinski definition) is 0. The summed E-state index contributed by atoms with van der Waals surface area (Å²) in [6, 6.07) is 13.3. The smallest absolute Gasteiger partial charge is 0.246 e. The van der Waals surface area contributed by atoms with Crippen LogP contribution in [0, 0.1) is 6.92 Å². The molecule has 2 aromatic carbocycles. The van der Waals surface area contributed by atoms with E-state index in [1.165, 1.54) is 7.11 Å². The lowest BCUT2D eigenvalue weighted by molar-refractivity contribution is 0.177. The van der Waals surface area contributed by atoms with E-state index in [0.717, 1.165) is 22.4 Å². The van der Waals surface area contributed by atoms with E-state index in [1.54, 1.807) is 16.4 Å². The van der Waals surface area contributed by atoms with Crippen LogP contribution in [0.5, 0.6) is 5.75 Å². The van der Waals surface area contributed by atoms with E-state index in [4.69, 9.17) is 9.72 Å². The van der Waals surface area contributed by atoms with E-state index >= 15 is 0 Å². The maximum absolute atomic E-state index is 13.2. The maximum Gasteiger partial charge on any atom is 0.246 e. The molecule has 1 fully saturated rings. The number of aryl methyl sites for hydroxylation is 2. The summed E-state index contributed by atoms with van der Waals surface area (Å²) in [4.78, 5) is 7.22. The van der Waals surface area contributed by atoms with Gasteiger partial charge >= 0.3 is 0 Å². The average molecular weight is 415 g/mol. The predicted molar refractivity (Wildman–Crippen MR) is 112 cm³/mol. The molecule has 1 aromatic heterocycles. The van der Waals surface area contributed by atoms with Crippen molar-refractivity contribution in [2.45, 2.75) is 18.4 Å². The van der Waals surface area contributed by atoms with Crippen LogP contribution in [0.2, 0.25) is 0 Å². The van der Waals surface area contributed by atoms with Gasteiger partial charge in [0.15, 0.2) is 0 Å². The molecule has 0 aliphatic carbocycles. The third kappa shape index (κ3) is 3.75. The van der Waals surface area contributed by atoms with Crippen LogP contribution in [-0.2, 0) is 23.6 Å². The normalized spacial score (nSPS) is 16.4. The van der Waals surface area contributed by atoms with Gasteiger partial charge in [-0.05, 0) is 36.8 Å². The molecule has 29 heavy (non-hydrogen) atoms. The highest BCUT2D eigenvalue weighted by Crippen LogP contribution is 2.28. The number of ether oxygens (including phenoxy) is 1. The average Bonchev–Trinajstić information content (AvgIpc) is 3.04. The highest BCUT2D eigenvalue weighted by Gasteiger charge is 2.31. The lowest BCUT2D eigenvalue weighted by Gasteiger charge is -2.34. The summed E-state index contributed by atoms with van der Waals surface area (Å²) in [5.74, 6) is 1.38. The van der Waals surface area contributed by atoms with E-state index in [-0.39, 0.29) is 4.90 Å². The minimum Gasteiger partial charge on any atom is -0.495 e. The molecule has 0 radical (unpaired) electrons. The number of hydrogen-bond acceptors (Lipinski definition) is 5. The Kier molecular flexibility index (Phi) is 5.33. The molecular formula is C21H26N4O3S. The molecule has 0 spiro atoms. The number of rotatable bonds is 5. The number of methoxy groups -OCH3 is 1. The SMILES string of the molecule is COc1ccc(C)cc1S(=O)(=O)N1CCN(Cc2nc3ccccc3n2C)CC1. The first-order valence-corrected chi connectivity index (χ1v) is 11.1. The molecule has 154 valence electrons. The standard InChI is InChI=1S/C21H26N4O3S/c1-16-8-9-19(28-3)20(14-16)29(26,27)25-12-10-24(11-13-25)15-21-22-17-6-4-5-7-18(17)23(21)2/h4-9,14H,10-13,15H2,1-3H3. The zero-order valence-electron chi connectivity index (χ0n) is 17.0. The molecule has 0 bridgehead atoms. The van der Waals surface area contributed by atoms with Crippen molar-refractivity contribution in [2.75, 3.05) is 33.3 Å². The number of piperazine rings is 1. The lowest BCUT2D eigenvalue weighted by atomic mass is 10.2. The van der Waals surface area contributed by atoms with Gasteiger partial charge in [0.1, 0.15) is 16.5 Å². The number of benzene rings is 2. The molecule has 1 aliphatic rings. The maximum atomic E-state index is 13.2. The summed E-state index contributed by atoms with van der Waals surface area (Å²) in [7, 11) is -0.0697. The van der Waals surface area contributed by atoms with Crippen LogP contribution in [0.4, 0.5) is 0 Å². The van der Waals surface area contributed by atoms with Crippen molar-refractivity contribution in [2.24, 2.45) is 7.05 Å². The molecule has 0 saturated carbocycles. The highest BCUT2D eigenvalue weighted by molar-refractivity contribution is 7.89. The molecule has 0 atom stereocenters. The Morgan fingerprint density at radius 2 is 1.79 bits per heavy atom. The van der Waals surface area contributed by atoms with E-state index in [2.05, 4.69) is 15.5 Å². The minimum absolute atomic E-state index is 0.240. The molecule has 0 unspecified atom stereocenters. The Labute approximate surface area is 171 Å². The number of para-hydroxylation sites is 2. The van der Waals surface area contributed by atoms with Gasteiger partial charge in [-0.25, -0.2) is 13.4 Å². The summed E-state index contributed by atoms with van der Waals surface area (Å²) in [5, 5.41) is 0. The van der Waals surface area contributed by atoms with Crippen molar-refractivity contribution >= 4 is 21.1 Å². The number of nitrogens with zero attached hydrogens (tertiary/aromatic N) is 4. The first-order chi connectivity index (χ1) is 13.9. The van der Waals surface area contributed by atoms with Gasteiger partial charge in [-0.1, -0.05) is 18.2 Å².